The van der Waals surface area contributed by atoms with Gasteiger partial charge in [-0.1, -0.05) is 41.6 Å². The summed E-state index contributed by atoms with van der Waals surface area (Å²) in [6, 6.07) is 14.0. The summed E-state index contributed by atoms with van der Waals surface area (Å²) in [5.74, 6) is 0.551. The minimum absolute atomic E-state index is 0.287. The standard InChI is InChI=1S/C17H15NO3/c1-12-14(7-6-13-4-2-3-5-17(12)13)10-20-11-16-8-15(9-19)18-21-16/h2-9H,10-11H2,1H3. The minimum Gasteiger partial charge on any atom is -0.369 e. The van der Waals surface area contributed by atoms with Crippen LogP contribution in [-0.2, 0) is 18.0 Å². The Morgan fingerprint density at radius 2 is 2.05 bits per heavy atom. The first-order valence-electron chi connectivity index (χ1n) is 6.73. The van der Waals surface area contributed by atoms with Crippen molar-refractivity contribution in [3.05, 3.63) is 65.0 Å². The van der Waals surface area contributed by atoms with Gasteiger partial charge in [0.25, 0.3) is 0 Å². The van der Waals surface area contributed by atoms with Crippen molar-refractivity contribution in [2.75, 3.05) is 0 Å². The number of carbonyl (C=O) groups is 1. The Bertz CT molecular complexity index is 777. The summed E-state index contributed by atoms with van der Waals surface area (Å²) in [6.07, 6.45) is 0.653. The highest BCUT2D eigenvalue weighted by atomic mass is 16.5. The Kier molecular flexibility index (Phi) is 3.79. The summed E-state index contributed by atoms with van der Waals surface area (Å²) >= 11 is 0. The molecule has 0 saturated carbocycles. The number of fused-ring (bicyclic) bond motifs is 1. The van der Waals surface area contributed by atoms with Gasteiger partial charge in [-0.25, -0.2) is 0 Å². The second-order valence-corrected chi connectivity index (χ2v) is 4.90. The molecule has 3 rings (SSSR count). The summed E-state index contributed by atoms with van der Waals surface area (Å²) in [7, 11) is 0. The van der Waals surface area contributed by atoms with Crippen LogP contribution < -0.4 is 0 Å². The Labute approximate surface area is 122 Å². The highest BCUT2D eigenvalue weighted by Gasteiger charge is 2.06. The van der Waals surface area contributed by atoms with Crippen LogP contribution in [0.3, 0.4) is 0 Å². The normalized spacial score (nSPS) is 10.9. The van der Waals surface area contributed by atoms with Crippen molar-refractivity contribution in [1.29, 1.82) is 0 Å². The molecule has 4 nitrogen and oxygen atoms in total. The number of carbonyl (C=O) groups excluding carboxylic acids is 1. The van der Waals surface area contributed by atoms with Crippen LogP contribution in [0.15, 0.2) is 47.0 Å². The van der Waals surface area contributed by atoms with Crippen molar-refractivity contribution in [2.45, 2.75) is 20.1 Å². The first-order valence-corrected chi connectivity index (χ1v) is 6.73. The van der Waals surface area contributed by atoms with E-state index in [1.165, 1.54) is 16.3 Å². The molecule has 0 aliphatic carbocycles. The number of hydrogen-bond donors (Lipinski definition) is 0. The van der Waals surface area contributed by atoms with Gasteiger partial charge >= 0.3 is 0 Å². The highest BCUT2D eigenvalue weighted by molar-refractivity contribution is 5.86. The molecule has 0 aliphatic rings. The molecule has 0 amide bonds. The van der Waals surface area contributed by atoms with Crippen LogP contribution >= 0.6 is 0 Å². The fourth-order valence-corrected chi connectivity index (χ4v) is 2.34. The third-order valence-electron chi connectivity index (χ3n) is 3.51. The van der Waals surface area contributed by atoms with Gasteiger partial charge in [0.05, 0.1) is 6.61 Å². The molecule has 0 fully saturated rings. The lowest BCUT2D eigenvalue weighted by Crippen LogP contribution is -1.96. The molecule has 0 saturated heterocycles. The SMILES string of the molecule is Cc1c(COCc2cc(C=O)no2)ccc2ccccc12. The lowest BCUT2D eigenvalue weighted by molar-refractivity contribution is 0.0880. The highest BCUT2D eigenvalue weighted by Crippen LogP contribution is 2.22. The van der Waals surface area contributed by atoms with Crippen molar-refractivity contribution >= 4 is 17.1 Å². The van der Waals surface area contributed by atoms with Gasteiger partial charge in [0.1, 0.15) is 12.3 Å². The molecule has 106 valence electrons. The van der Waals surface area contributed by atoms with Crippen LogP contribution in [0.5, 0.6) is 0 Å². The second-order valence-electron chi connectivity index (χ2n) is 4.90. The number of aryl methyl sites for hydroxylation is 1. The molecule has 0 spiro atoms. The topological polar surface area (TPSA) is 52.3 Å². The zero-order valence-corrected chi connectivity index (χ0v) is 11.7. The average Bonchev–Trinajstić information content (AvgIpc) is 2.98. The Morgan fingerprint density at radius 1 is 1.19 bits per heavy atom. The number of benzene rings is 2. The van der Waals surface area contributed by atoms with Crippen molar-refractivity contribution in [3.63, 3.8) is 0 Å². The predicted octanol–water partition coefficient (Wildman–Crippen LogP) is 3.67. The zero-order valence-electron chi connectivity index (χ0n) is 11.7. The molecule has 21 heavy (non-hydrogen) atoms. The maximum absolute atomic E-state index is 10.5. The molecule has 0 aliphatic heterocycles. The Balaban J connectivity index is 1.70. The van der Waals surface area contributed by atoms with Gasteiger partial charge in [0, 0.05) is 6.07 Å². The largest absolute Gasteiger partial charge is 0.369 e. The third kappa shape index (κ3) is 2.85. The average molecular weight is 281 g/mol. The quantitative estimate of drug-likeness (QED) is 0.670. The number of rotatable bonds is 5. The Morgan fingerprint density at radius 3 is 2.86 bits per heavy atom. The van der Waals surface area contributed by atoms with Crippen LogP contribution in [0.1, 0.15) is 27.4 Å². The molecule has 0 radical (unpaired) electrons. The van der Waals surface area contributed by atoms with Crippen molar-refractivity contribution in [2.24, 2.45) is 0 Å². The Hall–Kier alpha value is -2.46. The third-order valence-corrected chi connectivity index (χ3v) is 3.51. The molecule has 4 heteroatoms. The van der Waals surface area contributed by atoms with E-state index in [0.29, 0.717) is 25.3 Å². The molecular formula is C17H15NO3. The van der Waals surface area contributed by atoms with Crippen LogP contribution in [0.25, 0.3) is 10.8 Å². The number of nitrogens with zero attached hydrogens (tertiary/aromatic N) is 1. The first-order chi connectivity index (χ1) is 10.3. The maximum Gasteiger partial charge on any atom is 0.171 e. The summed E-state index contributed by atoms with van der Waals surface area (Å²) in [5, 5.41) is 6.06. The number of ether oxygens (including phenoxy) is 1. The zero-order chi connectivity index (χ0) is 14.7. The maximum atomic E-state index is 10.5. The van der Waals surface area contributed by atoms with Crippen LogP contribution in [0, 0.1) is 6.92 Å². The molecule has 1 aromatic heterocycles. The molecule has 0 atom stereocenters. The molecule has 3 aromatic rings. The molecule has 1 heterocycles. The van der Waals surface area contributed by atoms with Crippen molar-refractivity contribution in [3.8, 4) is 0 Å². The van der Waals surface area contributed by atoms with E-state index >= 15 is 0 Å². The summed E-state index contributed by atoms with van der Waals surface area (Å²) in [6.45, 7) is 2.89. The van der Waals surface area contributed by atoms with Gasteiger partial charge in [-0.2, -0.15) is 0 Å². The first kappa shape index (κ1) is 13.5. The lowest BCUT2D eigenvalue weighted by Gasteiger charge is -2.09. The van der Waals surface area contributed by atoms with Crippen LogP contribution in [-0.4, -0.2) is 11.4 Å². The number of aromatic nitrogens is 1. The molecule has 2 aromatic carbocycles. The van der Waals surface area contributed by atoms with E-state index in [4.69, 9.17) is 9.26 Å². The fourth-order valence-electron chi connectivity index (χ4n) is 2.34. The van der Waals surface area contributed by atoms with E-state index in [-0.39, 0.29) is 5.69 Å². The van der Waals surface area contributed by atoms with E-state index in [1.807, 2.05) is 12.1 Å². The van der Waals surface area contributed by atoms with Gasteiger partial charge in [-0.05, 0) is 28.8 Å². The van der Waals surface area contributed by atoms with Gasteiger partial charge < -0.3 is 9.26 Å². The summed E-state index contributed by atoms with van der Waals surface area (Å²) < 4.78 is 10.6. The van der Waals surface area contributed by atoms with E-state index in [1.54, 1.807) is 6.07 Å². The van der Waals surface area contributed by atoms with Crippen molar-refractivity contribution < 1.29 is 14.1 Å². The molecule has 0 bridgehead atoms. The van der Waals surface area contributed by atoms with Crippen molar-refractivity contribution in [1.82, 2.24) is 5.16 Å². The van der Waals surface area contributed by atoms with Gasteiger partial charge in [-0.15, -0.1) is 0 Å². The summed E-state index contributed by atoms with van der Waals surface area (Å²) in [5.41, 5.74) is 2.65. The van der Waals surface area contributed by atoms with E-state index < -0.39 is 0 Å². The smallest absolute Gasteiger partial charge is 0.171 e. The number of hydrogen-bond acceptors (Lipinski definition) is 4. The monoisotopic (exact) mass is 281 g/mol. The van der Waals surface area contributed by atoms with Gasteiger partial charge in [0.2, 0.25) is 0 Å². The second kappa shape index (κ2) is 5.89. The fraction of sp³-hybridized carbons (Fsp3) is 0.176. The molecule has 0 unspecified atom stereocenters. The van der Waals surface area contributed by atoms with E-state index in [9.17, 15) is 4.79 Å². The number of aldehydes is 1. The summed E-state index contributed by atoms with van der Waals surface area (Å²) in [4.78, 5) is 10.5. The van der Waals surface area contributed by atoms with Crippen LogP contribution in [0.2, 0.25) is 0 Å². The van der Waals surface area contributed by atoms with E-state index in [0.717, 1.165) is 5.56 Å². The van der Waals surface area contributed by atoms with Gasteiger partial charge in [0.15, 0.2) is 12.0 Å². The molecule has 0 N–H and O–H groups in total. The lowest BCUT2D eigenvalue weighted by atomic mass is 10.0. The minimum atomic E-state index is 0.287. The van der Waals surface area contributed by atoms with Gasteiger partial charge in [-0.3, -0.25) is 4.79 Å². The van der Waals surface area contributed by atoms with E-state index in [2.05, 4.69) is 36.3 Å². The van der Waals surface area contributed by atoms with Crippen LogP contribution in [0.4, 0.5) is 0 Å². The predicted molar refractivity (Wildman–Crippen MR) is 79.1 cm³/mol. The molecular weight excluding hydrogens is 266 g/mol.